The van der Waals surface area contributed by atoms with Crippen LogP contribution in [-0.2, 0) is 19.5 Å². The second kappa shape index (κ2) is 8.63. The highest BCUT2D eigenvalue weighted by Crippen LogP contribution is 2.28. The number of rotatable bonds is 7. The number of fused-ring (bicyclic) bond motifs is 1. The first kappa shape index (κ1) is 20.7. The number of methoxy groups -OCH3 is 2. The normalized spacial score (nSPS) is 11.1. The van der Waals surface area contributed by atoms with Crippen LogP contribution in [0.3, 0.4) is 0 Å². The van der Waals surface area contributed by atoms with E-state index in [0.29, 0.717) is 30.1 Å². The minimum absolute atomic E-state index is 0.478. The molecule has 1 aromatic carbocycles. The molecule has 0 amide bonds. The summed E-state index contributed by atoms with van der Waals surface area (Å²) in [6.45, 7) is 5.43. The highest BCUT2D eigenvalue weighted by Gasteiger charge is 2.16. The summed E-state index contributed by atoms with van der Waals surface area (Å²) in [6.07, 6.45) is 4.32. The van der Waals surface area contributed by atoms with Gasteiger partial charge in [-0.1, -0.05) is 12.1 Å². The average Bonchev–Trinajstić information content (AvgIpc) is 3.04. The Kier molecular flexibility index (Phi) is 5.75. The van der Waals surface area contributed by atoms with Crippen molar-refractivity contribution in [3.05, 3.63) is 76.9 Å². The zero-order valence-corrected chi connectivity index (χ0v) is 18.3. The van der Waals surface area contributed by atoms with Crippen LogP contribution in [0.25, 0.3) is 11.0 Å². The number of benzene rings is 1. The number of nitrogens with one attached hydrogen (secondary N) is 1. The molecule has 0 atom stereocenters. The van der Waals surface area contributed by atoms with Crippen molar-refractivity contribution in [3.8, 4) is 11.5 Å². The van der Waals surface area contributed by atoms with Crippen LogP contribution < -0.4 is 15.0 Å². The van der Waals surface area contributed by atoms with Crippen molar-refractivity contribution < 1.29 is 9.47 Å². The topological polar surface area (TPSA) is 78.0 Å². The molecular formula is C24H27N5O2. The summed E-state index contributed by atoms with van der Waals surface area (Å²) < 4.78 is 14.8. The summed E-state index contributed by atoms with van der Waals surface area (Å²) in [4.78, 5) is 9.17. The molecule has 0 fully saturated rings. The monoisotopic (exact) mass is 417 g/mol. The molecule has 31 heavy (non-hydrogen) atoms. The third-order valence-electron chi connectivity index (χ3n) is 5.78. The second-order valence-electron chi connectivity index (χ2n) is 7.54. The van der Waals surface area contributed by atoms with Crippen molar-refractivity contribution in [1.29, 1.82) is 5.41 Å². The van der Waals surface area contributed by atoms with E-state index in [0.717, 1.165) is 40.0 Å². The number of hydrogen-bond donors (Lipinski definition) is 1. The van der Waals surface area contributed by atoms with Crippen LogP contribution in [-0.4, -0.2) is 33.3 Å². The van der Waals surface area contributed by atoms with Crippen LogP contribution in [0.15, 0.2) is 48.9 Å². The van der Waals surface area contributed by atoms with Crippen molar-refractivity contribution in [2.45, 2.75) is 33.4 Å². The van der Waals surface area contributed by atoms with Gasteiger partial charge in [0.1, 0.15) is 11.1 Å². The first-order valence-electron chi connectivity index (χ1n) is 10.2. The Hall–Kier alpha value is -3.61. The predicted octanol–water partition coefficient (Wildman–Crippen LogP) is 3.64. The smallest absolute Gasteiger partial charge is 0.160 e. The Morgan fingerprint density at radius 2 is 1.81 bits per heavy atom. The van der Waals surface area contributed by atoms with Crippen LogP contribution in [0.2, 0.25) is 0 Å². The average molecular weight is 418 g/mol. The van der Waals surface area contributed by atoms with Crippen molar-refractivity contribution in [2.75, 3.05) is 14.2 Å². The Labute approximate surface area is 181 Å². The van der Waals surface area contributed by atoms with Crippen LogP contribution in [0.4, 0.5) is 0 Å². The summed E-state index contributed by atoms with van der Waals surface area (Å²) in [7, 11) is 3.27. The fraction of sp³-hybridized carbons (Fsp3) is 0.292. The first-order chi connectivity index (χ1) is 15.0. The lowest BCUT2D eigenvalue weighted by Gasteiger charge is -2.11. The summed E-state index contributed by atoms with van der Waals surface area (Å²) >= 11 is 0. The maximum absolute atomic E-state index is 8.83. The minimum Gasteiger partial charge on any atom is -0.493 e. The Morgan fingerprint density at radius 1 is 1.00 bits per heavy atom. The highest BCUT2D eigenvalue weighted by molar-refractivity contribution is 5.80. The van der Waals surface area contributed by atoms with E-state index in [9.17, 15) is 0 Å². The molecule has 0 aliphatic rings. The Bertz CT molecular complexity index is 1270. The van der Waals surface area contributed by atoms with Crippen LogP contribution in [0.5, 0.6) is 11.5 Å². The molecule has 0 saturated carbocycles. The van der Waals surface area contributed by atoms with Crippen molar-refractivity contribution in [1.82, 2.24) is 19.1 Å². The van der Waals surface area contributed by atoms with Crippen LogP contribution in [0, 0.1) is 19.3 Å². The standard InChI is InChI=1S/C24H27N5O2/c1-16-17(2)29(14-19-7-5-6-11-26-19)24-22(16)23(25)28(15-27-24)12-10-18-8-9-20(30-3)21(13-18)31-4/h5-9,11,13,15,25H,10,12,14H2,1-4H3. The second-order valence-corrected chi connectivity index (χ2v) is 7.54. The molecule has 160 valence electrons. The van der Waals surface area contributed by atoms with E-state index < -0.39 is 0 Å². The van der Waals surface area contributed by atoms with E-state index in [1.54, 1.807) is 26.7 Å². The lowest BCUT2D eigenvalue weighted by atomic mass is 10.1. The van der Waals surface area contributed by atoms with Gasteiger partial charge in [-0.3, -0.25) is 10.4 Å². The fourth-order valence-corrected chi connectivity index (χ4v) is 3.89. The number of nitrogens with zero attached hydrogens (tertiary/aromatic N) is 4. The zero-order chi connectivity index (χ0) is 22.0. The molecule has 7 heteroatoms. The highest BCUT2D eigenvalue weighted by atomic mass is 16.5. The number of pyridine rings is 1. The third-order valence-corrected chi connectivity index (χ3v) is 5.78. The molecular weight excluding hydrogens is 390 g/mol. The van der Waals surface area contributed by atoms with Gasteiger partial charge in [0.15, 0.2) is 11.5 Å². The van der Waals surface area contributed by atoms with Crippen molar-refractivity contribution in [2.24, 2.45) is 0 Å². The zero-order valence-electron chi connectivity index (χ0n) is 18.3. The van der Waals surface area contributed by atoms with Gasteiger partial charge in [0.25, 0.3) is 0 Å². The molecule has 1 N–H and O–H groups in total. The number of ether oxygens (including phenoxy) is 2. The van der Waals surface area contributed by atoms with E-state index in [4.69, 9.17) is 19.9 Å². The lowest BCUT2D eigenvalue weighted by Crippen LogP contribution is -2.22. The molecule has 0 unspecified atom stereocenters. The summed E-state index contributed by atoms with van der Waals surface area (Å²) in [5.41, 5.74) is 5.59. The van der Waals surface area contributed by atoms with Gasteiger partial charge in [0.2, 0.25) is 0 Å². The lowest BCUT2D eigenvalue weighted by molar-refractivity contribution is 0.354. The van der Waals surface area contributed by atoms with E-state index >= 15 is 0 Å². The van der Waals surface area contributed by atoms with E-state index in [2.05, 4.69) is 23.4 Å². The predicted molar refractivity (Wildman–Crippen MR) is 120 cm³/mol. The van der Waals surface area contributed by atoms with Gasteiger partial charge in [-0.15, -0.1) is 0 Å². The van der Waals surface area contributed by atoms with Gasteiger partial charge in [-0.25, -0.2) is 4.98 Å². The SMILES string of the molecule is COc1ccc(CCn2cnc3c(c(C)c(C)n3Cc3ccccn3)c2=N)cc1OC. The fourth-order valence-electron chi connectivity index (χ4n) is 3.89. The molecule has 7 nitrogen and oxygen atoms in total. The first-order valence-corrected chi connectivity index (χ1v) is 10.2. The summed E-state index contributed by atoms with van der Waals surface area (Å²) in [6, 6.07) is 11.8. The van der Waals surface area contributed by atoms with Crippen LogP contribution in [0.1, 0.15) is 22.5 Å². The molecule has 0 radical (unpaired) electrons. The van der Waals surface area contributed by atoms with Gasteiger partial charge in [-0.2, -0.15) is 0 Å². The third kappa shape index (κ3) is 3.91. The molecule has 0 aliphatic carbocycles. The number of aryl methyl sites for hydroxylation is 3. The van der Waals surface area contributed by atoms with Crippen molar-refractivity contribution >= 4 is 11.0 Å². The molecule has 4 rings (SSSR count). The number of aromatic nitrogens is 4. The minimum atomic E-state index is 0.478. The van der Waals surface area contributed by atoms with Gasteiger partial charge in [-0.05, 0) is 55.7 Å². The summed E-state index contributed by atoms with van der Waals surface area (Å²) in [5.74, 6) is 1.42. The Morgan fingerprint density at radius 3 is 2.52 bits per heavy atom. The molecule has 0 aliphatic heterocycles. The molecule has 0 spiro atoms. The van der Waals surface area contributed by atoms with Crippen LogP contribution >= 0.6 is 0 Å². The molecule has 0 bridgehead atoms. The van der Waals surface area contributed by atoms with Gasteiger partial charge >= 0.3 is 0 Å². The van der Waals surface area contributed by atoms with E-state index in [-0.39, 0.29) is 0 Å². The van der Waals surface area contributed by atoms with Gasteiger partial charge < -0.3 is 18.6 Å². The van der Waals surface area contributed by atoms with E-state index in [1.165, 1.54) is 0 Å². The largest absolute Gasteiger partial charge is 0.493 e. The summed E-state index contributed by atoms with van der Waals surface area (Å²) in [5, 5.41) is 9.72. The van der Waals surface area contributed by atoms with Gasteiger partial charge in [0, 0.05) is 18.4 Å². The maximum atomic E-state index is 8.83. The quantitative estimate of drug-likeness (QED) is 0.498. The molecule has 0 saturated heterocycles. The van der Waals surface area contributed by atoms with Crippen molar-refractivity contribution in [3.63, 3.8) is 0 Å². The van der Waals surface area contributed by atoms with E-state index in [1.807, 2.05) is 41.0 Å². The molecule has 4 aromatic rings. The number of hydrogen-bond acceptors (Lipinski definition) is 5. The van der Waals surface area contributed by atoms with Gasteiger partial charge in [0.05, 0.1) is 38.2 Å². The molecule has 3 aromatic heterocycles. The Balaban J connectivity index is 1.64. The molecule has 3 heterocycles. The maximum Gasteiger partial charge on any atom is 0.160 e.